The van der Waals surface area contributed by atoms with Gasteiger partial charge < -0.3 is 0 Å². The Labute approximate surface area is 686 Å². The maximum atomic E-state index is 4.76. The molecule has 10 aromatic heterocycles. The fraction of sp³-hybridized carbons (Fsp3) is 0.192. The van der Waals surface area contributed by atoms with E-state index in [4.69, 9.17) is 19.9 Å². The van der Waals surface area contributed by atoms with E-state index in [2.05, 4.69) is 358 Å². The van der Waals surface area contributed by atoms with Crippen LogP contribution in [0, 0.1) is 55.4 Å². The van der Waals surface area contributed by atoms with Crippen molar-refractivity contribution in [2.75, 3.05) is 0 Å². The summed E-state index contributed by atoms with van der Waals surface area (Å²) in [6.45, 7) is 26.3. The second kappa shape index (κ2) is 31.9. The second-order valence-corrected chi connectivity index (χ2v) is 36.0. The van der Waals surface area contributed by atoms with Gasteiger partial charge in [0.1, 0.15) is 23.5 Å². The quantitative estimate of drug-likeness (QED) is 0.148. The maximum absolute atomic E-state index is 4.76. The predicted molar refractivity (Wildman–Crippen MR) is 485 cm³/mol. The molecule has 10 aromatic carbocycles. The molecule has 0 aliphatic heterocycles. The van der Waals surface area contributed by atoms with Gasteiger partial charge in [0.2, 0.25) is 27.6 Å². The number of hydrogen-bond acceptors (Lipinski definition) is 10. The minimum absolute atomic E-state index is 0.512. The lowest BCUT2D eigenvalue weighted by atomic mass is 10.0. The molecule has 0 spiro atoms. The normalized spacial score (nSPS) is 11.5. The minimum atomic E-state index is 0.512. The van der Waals surface area contributed by atoms with E-state index in [0.717, 1.165) is 27.6 Å². The first-order valence-electron chi connectivity index (χ1n) is 38.8. The molecule has 564 valence electrons. The van der Waals surface area contributed by atoms with Gasteiger partial charge in [-0.2, -0.15) is 0 Å². The SMILES string of the molecule is Cc1ccc(C)c(-c2c3sc4ccccc4c3nc[n+]2C)c1.Cc1ccc2sc3c(-c4ccccc4C)[n+](C)cnc3c2c1.Cc1ccccc1-c1c2sc3c(C(C)C)cccc3c2nc[n+]1C.Cc1ccccc1-c1c2sc3cc(C(C)C)ccc3c2nc[n+]1C.Cc1ccccc1-c1c2sc3cccc(C)c3c2nc[n+]1C. The molecule has 114 heavy (non-hydrogen) atoms. The van der Waals surface area contributed by atoms with Crippen LogP contribution in [0.4, 0.5) is 0 Å². The molecule has 0 radical (unpaired) electrons. The lowest BCUT2D eigenvalue weighted by Crippen LogP contribution is -2.31. The Morgan fingerprint density at radius 3 is 1.12 bits per heavy atom. The third kappa shape index (κ3) is 14.4. The number of rotatable bonds is 7. The standard InChI is InChI=1S/2C21H21N2S.3C19H17N2S/c1-13(2)15-10-7-11-17-18-21(24-20(15)17)19(23(4)12-22-18)16-9-6-5-8-14(16)3;1-13(2)15-9-10-17-18(11-15)24-21-19(17)22-12-23(4)20(21)16-8-6-5-7-14(16)3;1-12-7-4-5-9-14(12)18-19-17(20-11-21(18)3)16-13(2)8-6-10-15(16)22-19;1-12-8-9-13(2)15(10-12)18-19-17(20-11-21(18)3)14-6-4-5-7-16(14)22-19;1-12-8-9-16-15(10-12)17-19(22-16)18(21(3)11-20-17)14-7-5-4-6-13(14)2/h2*5-13H,1-4H3;3*4-11H,1-3H3/q5*+1. The monoisotopic (exact) mass is 1580 g/mol. The van der Waals surface area contributed by atoms with Crippen LogP contribution in [0.2, 0.25) is 0 Å². The molecule has 0 saturated carbocycles. The fourth-order valence-corrected chi connectivity index (χ4v) is 22.4. The zero-order valence-electron chi connectivity index (χ0n) is 67.8. The Hall–Kier alpha value is -11.3. The number of aromatic nitrogens is 10. The minimum Gasteiger partial charge on any atom is -0.231 e. The van der Waals surface area contributed by atoms with Gasteiger partial charge in [-0.25, -0.2) is 22.8 Å². The van der Waals surface area contributed by atoms with Gasteiger partial charge in [0, 0.05) is 78.2 Å². The Morgan fingerprint density at radius 1 is 0.254 bits per heavy atom. The highest BCUT2D eigenvalue weighted by atomic mass is 32.1. The summed E-state index contributed by atoms with van der Waals surface area (Å²) < 4.78 is 23.6. The summed E-state index contributed by atoms with van der Waals surface area (Å²) in [6, 6.07) is 75.9. The highest BCUT2D eigenvalue weighted by Gasteiger charge is 2.28. The smallest absolute Gasteiger partial charge is 0.231 e. The van der Waals surface area contributed by atoms with E-state index in [9.17, 15) is 0 Å². The average molecular weight is 1580 g/mol. The van der Waals surface area contributed by atoms with Gasteiger partial charge in [0.15, 0.2) is 28.5 Å². The van der Waals surface area contributed by atoms with Crippen LogP contribution in [0.5, 0.6) is 0 Å². The van der Waals surface area contributed by atoms with Crippen molar-refractivity contribution in [2.45, 2.75) is 94.9 Å². The third-order valence-corrected chi connectivity index (χ3v) is 27.8. The number of hydrogen-bond donors (Lipinski definition) is 0. The Morgan fingerprint density at radius 2 is 0.614 bits per heavy atom. The van der Waals surface area contributed by atoms with Crippen molar-refractivity contribution in [3.63, 3.8) is 0 Å². The van der Waals surface area contributed by atoms with E-state index in [1.807, 2.05) is 88.3 Å². The molecule has 10 nitrogen and oxygen atoms in total. The van der Waals surface area contributed by atoms with Crippen LogP contribution in [0.3, 0.4) is 0 Å². The molecule has 0 saturated heterocycles. The van der Waals surface area contributed by atoms with Gasteiger partial charge in [-0.15, -0.1) is 56.7 Å². The summed E-state index contributed by atoms with van der Waals surface area (Å²) in [5.74, 6) is 1.05. The lowest BCUT2D eigenvalue weighted by molar-refractivity contribution is -0.662. The van der Waals surface area contributed by atoms with Crippen LogP contribution in [0.1, 0.15) is 95.2 Å². The first-order valence-corrected chi connectivity index (χ1v) is 42.9. The number of nitrogens with zero attached hydrogens (tertiary/aromatic N) is 10. The van der Waals surface area contributed by atoms with Gasteiger partial charge in [-0.1, -0.05) is 197 Å². The number of aryl methyl sites for hydroxylation is 13. The van der Waals surface area contributed by atoms with E-state index in [1.165, 1.54) is 186 Å². The highest BCUT2D eigenvalue weighted by molar-refractivity contribution is 7.28. The van der Waals surface area contributed by atoms with Gasteiger partial charge in [0.05, 0.1) is 35.2 Å². The summed E-state index contributed by atoms with van der Waals surface area (Å²) in [5.41, 5.74) is 31.4. The largest absolute Gasteiger partial charge is 0.287 e. The molecular formula is C99H93N10S5+5. The van der Waals surface area contributed by atoms with Gasteiger partial charge >= 0.3 is 0 Å². The number of thiophene rings is 5. The zero-order chi connectivity index (χ0) is 79.5. The highest BCUT2D eigenvalue weighted by Crippen LogP contribution is 2.45. The van der Waals surface area contributed by atoms with Crippen molar-refractivity contribution in [3.8, 4) is 56.3 Å². The zero-order valence-corrected chi connectivity index (χ0v) is 71.8. The Balaban J connectivity index is 0.000000107. The van der Waals surface area contributed by atoms with Crippen LogP contribution < -0.4 is 22.8 Å². The Bertz CT molecular complexity index is 7130. The van der Waals surface area contributed by atoms with Crippen molar-refractivity contribution in [3.05, 3.63) is 300 Å². The summed E-state index contributed by atoms with van der Waals surface area (Å²) in [4.78, 5) is 23.6. The van der Waals surface area contributed by atoms with E-state index < -0.39 is 0 Å². The maximum Gasteiger partial charge on any atom is 0.287 e. The number of fused-ring (bicyclic) bond motifs is 15. The summed E-state index contributed by atoms with van der Waals surface area (Å²) in [7, 11) is 10.4. The lowest BCUT2D eigenvalue weighted by Gasteiger charge is -2.08. The average Bonchev–Trinajstić information content (AvgIpc) is 1.40. The molecule has 0 N–H and O–H groups in total. The van der Waals surface area contributed by atoms with Crippen LogP contribution in [0.15, 0.2) is 244 Å². The molecule has 0 aliphatic carbocycles. The fourth-order valence-electron chi connectivity index (χ4n) is 15.7. The molecule has 20 aromatic rings. The molecule has 0 unspecified atom stereocenters. The van der Waals surface area contributed by atoms with E-state index in [-0.39, 0.29) is 0 Å². The second-order valence-electron chi connectivity index (χ2n) is 30.7. The summed E-state index contributed by atoms with van der Waals surface area (Å²) in [5, 5.41) is 6.33. The van der Waals surface area contributed by atoms with E-state index in [1.54, 1.807) is 0 Å². The first-order chi connectivity index (χ1) is 55.1. The van der Waals surface area contributed by atoms with Gasteiger partial charge in [0.25, 0.3) is 31.6 Å². The third-order valence-electron chi connectivity index (χ3n) is 21.9. The molecule has 0 atom stereocenters. The molecule has 0 bridgehead atoms. The molecular weight excluding hydrogens is 1490 g/mol. The van der Waals surface area contributed by atoms with Crippen molar-refractivity contribution >= 4 is 158 Å². The van der Waals surface area contributed by atoms with Crippen molar-refractivity contribution in [1.82, 2.24) is 24.9 Å². The molecule has 0 amide bonds. The predicted octanol–water partition coefficient (Wildman–Crippen LogP) is 24.4. The van der Waals surface area contributed by atoms with Crippen LogP contribution >= 0.6 is 56.7 Å². The van der Waals surface area contributed by atoms with E-state index >= 15 is 0 Å². The van der Waals surface area contributed by atoms with Crippen molar-refractivity contribution < 1.29 is 22.8 Å². The summed E-state index contributed by atoms with van der Waals surface area (Å²) in [6.07, 6.45) is 9.67. The molecule has 20 rings (SSSR count). The topological polar surface area (TPSA) is 83.8 Å². The summed E-state index contributed by atoms with van der Waals surface area (Å²) >= 11 is 9.23. The first kappa shape index (κ1) is 76.7. The molecule has 15 heteroatoms. The van der Waals surface area contributed by atoms with Crippen LogP contribution in [-0.4, -0.2) is 24.9 Å². The van der Waals surface area contributed by atoms with Gasteiger partial charge in [-0.3, -0.25) is 0 Å². The molecule has 0 fully saturated rings. The van der Waals surface area contributed by atoms with Gasteiger partial charge in [-0.05, 0) is 191 Å². The van der Waals surface area contributed by atoms with E-state index in [0.29, 0.717) is 11.8 Å². The number of benzene rings is 10. The van der Waals surface area contributed by atoms with Crippen LogP contribution in [0.25, 0.3) is 158 Å². The van der Waals surface area contributed by atoms with Crippen LogP contribution in [-0.2, 0) is 35.2 Å². The van der Waals surface area contributed by atoms with Crippen molar-refractivity contribution in [2.24, 2.45) is 35.2 Å². The Kier molecular flexibility index (Phi) is 21.5. The molecule has 0 aliphatic rings. The van der Waals surface area contributed by atoms with Crippen molar-refractivity contribution in [1.29, 1.82) is 0 Å². The molecule has 10 heterocycles.